The van der Waals surface area contributed by atoms with Crippen molar-refractivity contribution in [3.05, 3.63) is 0 Å². The number of likely N-dealkylation sites (tertiary alicyclic amines) is 1. The van der Waals surface area contributed by atoms with Crippen LogP contribution >= 0.6 is 0 Å². The van der Waals surface area contributed by atoms with E-state index in [0.29, 0.717) is 45.6 Å². The molecule has 0 aromatic heterocycles. The Balaban J connectivity index is 1.66. The summed E-state index contributed by atoms with van der Waals surface area (Å²) in [7, 11) is 0. The van der Waals surface area contributed by atoms with Gasteiger partial charge in [0, 0.05) is 26.2 Å². The third kappa shape index (κ3) is 4.33. The van der Waals surface area contributed by atoms with Gasteiger partial charge in [-0.2, -0.15) is 0 Å². The number of carbonyl (C=O) groups excluding carboxylic acids is 3. The number of fused-ring (bicyclic) bond motifs is 1. The van der Waals surface area contributed by atoms with E-state index in [9.17, 15) is 19.5 Å². The molecular weight excluding hydrogens is 466 g/mol. The number of rotatable bonds is 11. The molecule has 10 nitrogen and oxygen atoms in total. The number of nitrogens with zero attached hydrogens (tertiary/aromatic N) is 2. The molecule has 4 saturated heterocycles. The molecule has 7 atom stereocenters. The number of ether oxygens (including phenoxy) is 3. The molecule has 2 N–H and O–H groups in total. The zero-order valence-corrected chi connectivity index (χ0v) is 22.2. The van der Waals surface area contributed by atoms with Crippen molar-refractivity contribution in [2.75, 3.05) is 52.6 Å². The van der Waals surface area contributed by atoms with E-state index in [1.165, 1.54) is 0 Å². The molecule has 10 heteroatoms. The first-order chi connectivity index (χ1) is 17.3. The number of hydrogen-bond donors (Lipinski definition) is 2. The lowest BCUT2D eigenvalue weighted by atomic mass is 9.65. The minimum atomic E-state index is -1.10. The van der Waals surface area contributed by atoms with E-state index in [4.69, 9.17) is 14.2 Å². The summed E-state index contributed by atoms with van der Waals surface area (Å²) in [5.41, 5.74) is -1.91. The molecule has 0 saturated carbocycles. The van der Waals surface area contributed by atoms with Crippen LogP contribution in [0.5, 0.6) is 0 Å². The maximum absolute atomic E-state index is 14.1. The lowest BCUT2D eigenvalue weighted by Crippen LogP contribution is -2.59. The van der Waals surface area contributed by atoms with Crippen molar-refractivity contribution < 1.29 is 33.7 Å². The van der Waals surface area contributed by atoms with E-state index in [-0.39, 0.29) is 30.9 Å². The Kier molecular flexibility index (Phi) is 8.29. The van der Waals surface area contributed by atoms with Crippen molar-refractivity contribution >= 4 is 17.8 Å². The fourth-order valence-corrected chi connectivity index (χ4v) is 6.98. The van der Waals surface area contributed by atoms with Crippen LogP contribution < -0.4 is 5.32 Å². The van der Waals surface area contributed by atoms with Crippen LogP contribution in [0.15, 0.2) is 0 Å². The average molecular weight is 510 g/mol. The lowest BCUT2D eigenvalue weighted by molar-refractivity contribution is -0.162. The third-order valence-electron chi connectivity index (χ3n) is 9.08. The second-order valence-corrected chi connectivity index (χ2v) is 10.7. The van der Waals surface area contributed by atoms with Gasteiger partial charge >= 0.3 is 5.97 Å². The maximum Gasteiger partial charge on any atom is 0.312 e. The van der Waals surface area contributed by atoms with Crippen molar-refractivity contribution in [1.82, 2.24) is 15.1 Å². The number of hydrogen-bond acceptors (Lipinski definition) is 8. The van der Waals surface area contributed by atoms with Crippen LogP contribution in [0.3, 0.4) is 0 Å². The van der Waals surface area contributed by atoms with Gasteiger partial charge in [0.1, 0.15) is 17.6 Å². The summed E-state index contributed by atoms with van der Waals surface area (Å²) >= 11 is 0. The number of carbonyl (C=O) groups is 3. The maximum atomic E-state index is 14.1. The molecule has 36 heavy (non-hydrogen) atoms. The van der Waals surface area contributed by atoms with Gasteiger partial charge < -0.3 is 29.5 Å². The number of aliphatic hydroxyl groups excluding tert-OH is 1. The fourth-order valence-electron chi connectivity index (χ4n) is 6.98. The highest BCUT2D eigenvalue weighted by Gasteiger charge is 2.79. The highest BCUT2D eigenvalue weighted by atomic mass is 16.6. The normalized spacial score (nSPS) is 35.5. The zero-order valence-electron chi connectivity index (χ0n) is 22.2. The molecule has 0 aromatic rings. The highest BCUT2D eigenvalue weighted by Crippen LogP contribution is 2.64. The average Bonchev–Trinajstić information content (AvgIpc) is 3.49. The van der Waals surface area contributed by atoms with E-state index in [2.05, 4.69) is 10.2 Å². The van der Waals surface area contributed by atoms with Gasteiger partial charge in [-0.3, -0.25) is 19.3 Å². The predicted octanol–water partition coefficient (Wildman–Crippen LogP) is 0.560. The Morgan fingerprint density at radius 1 is 1.22 bits per heavy atom. The lowest BCUT2D eigenvalue weighted by Gasteiger charge is -2.39. The van der Waals surface area contributed by atoms with Crippen LogP contribution in [-0.4, -0.2) is 109 Å². The quantitative estimate of drug-likeness (QED) is 0.388. The van der Waals surface area contributed by atoms with Crippen LogP contribution in [-0.2, 0) is 28.6 Å². The molecule has 2 unspecified atom stereocenters. The Labute approximate surface area is 214 Å². The summed E-state index contributed by atoms with van der Waals surface area (Å²) in [5.74, 6) is -2.58. The Morgan fingerprint density at radius 2 is 1.94 bits per heavy atom. The molecule has 1 spiro atoms. The SMILES string of the molecule is CCOC(=O)[C@H]1[C@H]2C(=O)N([C@@H](CO)[C@@H](C)CC)C(C(=O)NCCN3CCOCC3)C23CC[C@]1(CC)O3. The smallest absolute Gasteiger partial charge is 0.312 e. The molecule has 4 aliphatic rings. The van der Waals surface area contributed by atoms with E-state index in [1.807, 2.05) is 20.8 Å². The van der Waals surface area contributed by atoms with Crippen LogP contribution in [0.2, 0.25) is 0 Å². The molecule has 2 bridgehead atoms. The first kappa shape index (κ1) is 27.3. The van der Waals surface area contributed by atoms with Crippen LogP contribution in [0.1, 0.15) is 53.4 Å². The first-order valence-corrected chi connectivity index (χ1v) is 13.7. The molecule has 204 valence electrons. The van der Waals surface area contributed by atoms with Crippen molar-refractivity contribution in [1.29, 1.82) is 0 Å². The van der Waals surface area contributed by atoms with Crippen molar-refractivity contribution in [3.8, 4) is 0 Å². The molecule has 0 aromatic carbocycles. The monoisotopic (exact) mass is 509 g/mol. The second kappa shape index (κ2) is 10.9. The fraction of sp³-hybridized carbons (Fsp3) is 0.885. The minimum absolute atomic E-state index is 0.0313. The summed E-state index contributed by atoms with van der Waals surface area (Å²) in [4.78, 5) is 45.0. The van der Waals surface area contributed by atoms with Gasteiger partial charge in [0.25, 0.3) is 0 Å². The van der Waals surface area contributed by atoms with Crippen LogP contribution in [0, 0.1) is 17.8 Å². The molecular formula is C26H43N3O7. The standard InChI is InChI=1S/C26H43N3O7/c1-5-17(4)18(16-30)29-21(22(31)27-10-11-28-12-14-34-15-13-28)26-9-8-25(6-2,36-26)20(19(26)23(29)32)24(33)35-7-3/h17-21,30H,5-16H2,1-4H3,(H,27,31)/t17-,18-,19-,20+,21?,25-,26?/m0/s1. The Hall–Kier alpha value is -1.75. The van der Waals surface area contributed by atoms with Gasteiger partial charge in [-0.15, -0.1) is 0 Å². The number of aliphatic hydroxyl groups is 1. The van der Waals surface area contributed by atoms with E-state index in [1.54, 1.807) is 11.8 Å². The summed E-state index contributed by atoms with van der Waals surface area (Å²) < 4.78 is 17.5. The third-order valence-corrected chi connectivity index (χ3v) is 9.08. The van der Waals surface area contributed by atoms with E-state index < -0.39 is 41.1 Å². The van der Waals surface area contributed by atoms with Gasteiger partial charge in [0.05, 0.1) is 44.0 Å². The van der Waals surface area contributed by atoms with Crippen molar-refractivity contribution in [3.63, 3.8) is 0 Å². The van der Waals surface area contributed by atoms with Crippen LogP contribution in [0.25, 0.3) is 0 Å². The molecule has 4 fully saturated rings. The highest BCUT2D eigenvalue weighted by molar-refractivity contribution is 5.98. The minimum Gasteiger partial charge on any atom is -0.466 e. The topological polar surface area (TPSA) is 118 Å². The molecule has 0 radical (unpaired) electrons. The van der Waals surface area contributed by atoms with E-state index in [0.717, 1.165) is 19.5 Å². The summed E-state index contributed by atoms with van der Waals surface area (Å²) in [6.45, 7) is 11.8. The molecule has 0 aliphatic carbocycles. The van der Waals surface area contributed by atoms with Crippen molar-refractivity contribution in [2.45, 2.75) is 76.7 Å². The molecule has 2 amide bonds. The second-order valence-electron chi connectivity index (χ2n) is 10.7. The Morgan fingerprint density at radius 3 is 2.56 bits per heavy atom. The summed E-state index contributed by atoms with van der Waals surface area (Å²) in [6.07, 6.45) is 2.40. The number of nitrogens with one attached hydrogen (secondary N) is 1. The van der Waals surface area contributed by atoms with Gasteiger partial charge in [-0.25, -0.2) is 0 Å². The molecule has 4 heterocycles. The van der Waals surface area contributed by atoms with E-state index >= 15 is 0 Å². The summed E-state index contributed by atoms with van der Waals surface area (Å²) in [6, 6.07) is -1.45. The van der Waals surface area contributed by atoms with Crippen LogP contribution in [0.4, 0.5) is 0 Å². The Bertz CT molecular complexity index is 834. The number of morpholine rings is 1. The van der Waals surface area contributed by atoms with Gasteiger partial charge in [-0.1, -0.05) is 27.2 Å². The largest absolute Gasteiger partial charge is 0.466 e. The van der Waals surface area contributed by atoms with Crippen molar-refractivity contribution in [2.24, 2.45) is 17.8 Å². The number of amides is 2. The first-order valence-electron chi connectivity index (χ1n) is 13.7. The zero-order chi connectivity index (χ0) is 26.1. The predicted molar refractivity (Wildman–Crippen MR) is 131 cm³/mol. The molecule has 4 rings (SSSR count). The van der Waals surface area contributed by atoms with Gasteiger partial charge in [0.15, 0.2) is 0 Å². The number of esters is 1. The van der Waals surface area contributed by atoms with Gasteiger partial charge in [-0.05, 0) is 32.1 Å². The summed E-state index contributed by atoms with van der Waals surface area (Å²) in [5, 5.41) is 13.4. The molecule has 4 aliphatic heterocycles. The van der Waals surface area contributed by atoms with Gasteiger partial charge in [0.2, 0.25) is 11.8 Å².